The lowest BCUT2D eigenvalue weighted by Gasteiger charge is -2.07. The van der Waals surface area contributed by atoms with Crippen molar-refractivity contribution in [1.82, 2.24) is 4.98 Å². The number of nitriles is 1. The molecule has 1 heterocycles. The lowest BCUT2D eigenvalue weighted by molar-refractivity contribution is 0.402. The maximum atomic E-state index is 9.57. The monoisotopic (exact) mass is 326 g/mol. The van der Waals surface area contributed by atoms with Crippen LogP contribution in [0.4, 0.5) is 0 Å². The van der Waals surface area contributed by atoms with Crippen LogP contribution in [0, 0.1) is 11.3 Å². The van der Waals surface area contributed by atoms with Gasteiger partial charge in [-0.15, -0.1) is 11.3 Å². The molecule has 0 radical (unpaired) electrons. The molecule has 23 heavy (non-hydrogen) atoms. The van der Waals surface area contributed by atoms with E-state index in [0.717, 1.165) is 34.9 Å². The summed E-state index contributed by atoms with van der Waals surface area (Å²) in [4.78, 5) is 6.00. The van der Waals surface area contributed by atoms with Crippen LogP contribution in [0.1, 0.15) is 34.0 Å². The van der Waals surface area contributed by atoms with Crippen molar-refractivity contribution in [3.63, 3.8) is 0 Å². The van der Waals surface area contributed by atoms with Crippen LogP contribution in [0.15, 0.2) is 18.2 Å². The summed E-state index contributed by atoms with van der Waals surface area (Å²) in [6, 6.07) is 7.82. The summed E-state index contributed by atoms with van der Waals surface area (Å²) in [5.41, 5.74) is 2.54. The van der Waals surface area contributed by atoms with E-state index in [4.69, 9.17) is 9.47 Å². The molecule has 3 rings (SSSR count). The van der Waals surface area contributed by atoms with Crippen LogP contribution in [-0.2, 0) is 12.8 Å². The Morgan fingerprint density at radius 1 is 1.26 bits per heavy atom. The summed E-state index contributed by atoms with van der Waals surface area (Å²) in [5.74, 6) is 1.44. The number of allylic oxidation sites excluding steroid dienone is 1. The minimum atomic E-state index is 0.566. The van der Waals surface area contributed by atoms with Gasteiger partial charge in [0.15, 0.2) is 0 Å². The van der Waals surface area contributed by atoms with Crippen LogP contribution < -0.4 is 9.47 Å². The minimum Gasteiger partial charge on any atom is -0.497 e. The first-order valence-corrected chi connectivity index (χ1v) is 8.39. The molecule has 0 N–H and O–H groups in total. The molecule has 0 amide bonds. The molecule has 1 aromatic heterocycles. The van der Waals surface area contributed by atoms with Crippen LogP contribution in [0.5, 0.6) is 11.5 Å². The molecule has 0 atom stereocenters. The predicted octanol–water partition coefficient (Wildman–Crippen LogP) is 4.10. The van der Waals surface area contributed by atoms with Gasteiger partial charge in [-0.25, -0.2) is 4.98 Å². The van der Waals surface area contributed by atoms with Crippen molar-refractivity contribution in [2.75, 3.05) is 14.2 Å². The van der Waals surface area contributed by atoms with E-state index in [0.29, 0.717) is 11.3 Å². The molecular formula is C18H18N2O2S. The highest BCUT2D eigenvalue weighted by atomic mass is 32.1. The lowest BCUT2D eigenvalue weighted by Crippen LogP contribution is -1.99. The van der Waals surface area contributed by atoms with Crippen LogP contribution >= 0.6 is 11.3 Å². The largest absolute Gasteiger partial charge is 0.497 e. The highest BCUT2D eigenvalue weighted by molar-refractivity contribution is 7.13. The number of hydrogen-bond acceptors (Lipinski definition) is 5. The fourth-order valence-corrected chi connectivity index (χ4v) is 3.83. The highest BCUT2D eigenvalue weighted by Crippen LogP contribution is 2.33. The molecule has 5 heteroatoms. The minimum absolute atomic E-state index is 0.566. The number of thiazole rings is 1. The average molecular weight is 326 g/mol. The Morgan fingerprint density at radius 2 is 2.09 bits per heavy atom. The molecule has 1 aromatic carbocycles. The van der Waals surface area contributed by atoms with E-state index in [-0.39, 0.29) is 0 Å². The number of nitrogens with zero attached hydrogens (tertiary/aromatic N) is 2. The van der Waals surface area contributed by atoms with E-state index in [1.54, 1.807) is 25.6 Å². The molecule has 0 fully saturated rings. The molecule has 4 nitrogen and oxygen atoms in total. The summed E-state index contributed by atoms with van der Waals surface area (Å²) in [7, 11) is 3.24. The number of fused-ring (bicyclic) bond motifs is 1. The van der Waals surface area contributed by atoms with Gasteiger partial charge < -0.3 is 9.47 Å². The third-order valence-corrected chi connectivity index (χ3v) is 5.12. The van der Waals surface area contributed by atoms with Gasteiger partial charge in [-0.05, 0) is 50.0 Å². The van der Waals surface area contributed by atoms with Crippen LogP contribution in [0.2, 0.25) is 0 Å². The molecule has 0 spiro atoms. The standard InChI is InChI=1S/C18H18N2O2S/c1-21-14-7-8-16(22-2)12(10-14)9-13(11-19)18-20-15-5-3-4-6-17(15)23-18/h7-10H,3-6H2,1-2H3. The third-order valence-electron chi connectivity index (χ3n) is 3.93. The number of benzene rings is 1. The number of hydrogen-bond donors (Lipinski definition) is 0. The molecule has 0 bridgehead atoms. The van der Waals surface area contributed by atoms with Crippen LogP contribution in [-0.4, -0.2) is 19.2 Å². The molecule has 2 aromatic rings. The van der Waals surface area contributed by atoms with Gasteiger partial charge in [0.1, 0.15) is 22.6 Å². The zero-order valence-electron chi connectivity index (χ0n) is 13.3. The van der Waals surface area contributed by atoms with E-state index >= 15 is 0 Å². The summed E-state index contributed by atoms with van der Waals surface area (Å²) in [6.45, 7) is 0. The molecule has 0 unspecified atom stereocenters. The van der Waals surface area contributed by atoms with Gasteiger partial charge >= 0.3 is 0 Å². The predicted molar refractivity (Wildman–Crippen MR) is 91.8 cm³/mol. The van der Waals surface area contributed by atoms with Gasteiger partial charge in [0.25, 0.3) is 0 Å². The number of aryl methyl sites for hydroxylation is 2. The average Bonchev–Trinajstić information content (AvgIpc) is 3.03. The van der Waals surface area contributed by atoms with Crippen molar-refractivity contribution in [2.45, 2.75) is 25.7 Å². The Morgan fingerprint density at radius 3 is 2.78 bits per heavy atom. The molecule has 118 valence electrons. The molecule has 0 saturated carbocycles. The second-order valence-electron chi connectivity index (χ2n) is 5.37. The van der Waals surface area contributed by atoms with E-state index in [1.807, 2.05) is 24.3 Å². The van der Waals surface area contributed by atoms with Crippen molar-refractivity contribution in [3.05, 3.63) is 39.3 Å². The number of aromatic nitrogens is 1. The van der Waals surface area contributed by atoms with E-state index in [9.17, 15) is 5.26 Å². The molecule has 0 saturated heterocycles. The summed E-state index contributed by atoms with van der Waals surface area (Å²) in [5, 5.41) is 10.4. The number of methoxy groups -OCH3 is 2. The molecular weight excluding hydrogens is 308 g/mol. The molecule has 1 aliphatic carbocycles. The summed E-state index contributed by atoms with van der Waals surface area (Å²) in [6.07, 6.45) is 6.32. The zero-order valence-corrected chi connectivity index (χ0v) is 14.1. The van der Waals surface area contributed by atoms with Crippen LogP contribution in [0.25, 0.3) is 11.6 Å². The number of rotatable bonds is 4. The van der Waals surface area contributed by atoms with Crippen molar-refractivity contribution in [2.24, 2.45) is 0 Å². The quantitative estimate of drug-likeness (QED) is 0.794. The second kappa shape index (κ2) is 6.84. The van der Waals surface area contributed by atoms with Crippen molar-refractivity contribution in [1.29, 1.82) is 5.26 Å². The zero-order chi connectivity index (χ0) is 16.2. The van der Waals surface area contributed by atoms with Crippen LogP contribution in [0.3, 0.4) is 0 Å². The highest BCUT2D eigenvalue weighted by Gasteiger charge is 2.17. The van der Waals surface area contributed by atoms with Gasteiger partial charge in [0, 0.05) is 10.4 Å². The maximum absolute atomic E-state index is 9.57. The first-order valence-electron chi connectivity index (χ1n) is 7.58. The van der Waals surface area contributed by atoms with E-state index in [1.165, 1.54) is 17.7 Å². The van der Waals surface area contributed by atoms with Crippen molar-refractivity contribution < 1.29 is 9.47 Å². The Balaban J connectivity index is 2.02. The first kappa shape index (κ1) is 15.6. The smallest absolute Gasteiger partial charge is 0.134 e. The second-order valence-corrected chi connectivity index (χ2v) is 6.46. The molecule has 0 aliphatic heterocycles. The Hall–Kier alpha value is -2.32. The number of ether oxygens (including phenoxy) is 2. The fraction of sp³-hybridized carbons (Fsp3) is 0.333. The summed E-state index contributed by atoms with van der Waals surface area (Å²) < 4.78 is 10.6. The van der Waals surface area contributed by atoms with Gasteiger partial charge in [0.2, 0.25) is 0 Å². The normalized spacial score (nSPS) is 14.0. The van der Waals surface area contributed by atoms with E-state index in [2.05, 4.69) is 11.1 Å². The van der Waals surface area contributed by atoms with Crippen molar-refractivity contribution in [3.8, 4) is 17.6 Å². The Bertz CT molecular complexity index is 763. The van der Waals surface area contributed by atoms with E-state index < -0.39 is 0 Å². The van der Waals surface area contributed by atoms with Gasteiger partial charge in [-0.3, -0.25) is 0 Å². The Labute approximate surface area is 140 Å². The first-order chi connectivity index (χ1) is 11.2. The third kappa shape index (κ3) is 3.22. The maximum Gasteiger partial charge on any atom is 0.134 e. The van der Waals surface area contributed by atoms with Gasteiger partial charge in [-0.1, -0.05) is 0 Å². The lowest BCUT2D eigenvalue weighted by atomic mass is 10.0. The Kier molecular flexibility index (Phi) is 4.63. The van der Waals surface area contributed by atoms with Gasteiger partial charge in [-0.2, -0.15) is 5.26 Å². The summed E-state index contributed by atoms with van der Waals surface area (Å²) >= 11 is 1.64. The fourth-order valence-electron chi connectivity index (χ4n) is 2.72. The van der Waals surface area contributed by atoms with Gasteiger partial charge in [0.05, 0.1) is 25.5 Å². The topological polar surface area (TPSA) is 55.1 Å². The SMILES string of the molecule is COc1ccc(OC)c(C=C(C#N)c2nc3c(s2)CCCC3)c1. The molecule has 1 aliphatic rings. The van der Waals surface area contributed by atoms with Crippen molar-refractivity contribution >= 4 is 23.0 Å².